The molecule has 0 unspecified atom stereocenters. The summed E-state index contributed by atoms with van der Waals surface area (Å²) in [5.41, 5.74) is 0.506. The third-order valence-corrected chi connectivity index (χ3v) is 13.1. The monoisotopic (exact) mass is 683 g/mol. The van der Waals surface area contributed by atoms with Crippen molar-refractivity contribution in [2.75, 3.05) is 10.7 Å². The molecular weight excluding hydrogens is 671 g/mol. The lowest BCUT2D eigenvalue weighted by Crippen LogP contribution is -2.44. The van der Waals surface area contributed by atoms with Gasteiger partial charge in [0.1, 0.15) is 11.8 Å². The Bertz CT molecular complexity index is 362. The van der Waals surface area contributed by atoms with Gasteiger partial charge in [-0.3, -0.25) is 0 Å². The first-order valence-electron chi connectivity index (χ1n) is 5.79. The topological polar surface area (TPSA) is 0 Å². The number of hydrogen-bond donors (Lipinski definition) is 0. The van der Waals surface area contributed by atoms with Gasteiger partial charge < -0.3 is 0 Å². The van der Waals surface area contributed by atoms with Crippen LogP contribution in [0.1, 0.15) is 27.7 Å². The Morgan fingerprint density at radius 1 is 0.850 bits per heavy atom. The molecule has 0 saturated carbocycles. The lowest BCUT2D eigenvalue weighted by molar-refractivity contribution is 0.395. The zero-order chi connectivity index (χ0) is 16.6. The lowest BCUT2D eigenvalue weighted by Gasteiger charge is -2.45. The molecule has 0 aliphatic carbocycles. The standard InChI is InChI=1S/C13H18Br6Cl/c1-8(12(16,17)10(2,3)6-14)9(20)13(18,19)11(4,5)7-15/h1,6-7H2,2-5H3. The number of rotatable bonds is 7. The highest BCUT2D eigenvalue weighted by Crippen LogP contribution is 2.61. The summed E-state index contributed by atoms with van der Waals surface area (Å²) in [7, 11) is 0. The highest BCUT2D eigenvalue weighted by atomic mass is 79.9. The van der Waals surface area contributed by atoms with Crippen LogP contribution in [0.5, 0.6) is 0 Å². The van der Waals surface area contributed by atoms with E-state index in [4.69, 9.17) is 11.6 Å². The predicted octanol–water partition coefficient (Wildman–Crippen LogP) is 8.13. The van der Waals surface area contributed by atoms with Crippen LogP contribution in [0.25, 0.3) is 0 Å². The molecule has 0 aromatic heterocycles. The van der Waals surface area contributed by atoms with Crippen LogP contribution >= 0.6 is 107 Å². The summed E-state index contributed by atoms with van der Waals surface area (Å²) in [4.78, 5) is 0. The quantitative estimate of drug-likeness (QED) is 0.237. The largest absolute Gasteiger partial charge is 0.118 e. The molecule has 0 aliphatic rings. The normalized spacial score (nSPS) is 14.8. The molecule has 0 aromatic carbocycles. The van der Waals surface area contributed by atoms with Crippen LogP contribution in [0.4, 0.5) is 0 Å². The molecule has 0 atom stereocenters. The van der Waals surface area contributed by atoms with Crippen LogP contribution in [0.2, 0.25) is 0 Å². The first kappa shape index (κ1) is 22.9. The van der Waals surface area contributed by atoms with E-state index in [-0.39, 0.29) is 10.8 Å². The van der Waals surface area contributed by atoms with Crippen molar-refractivity contribution in [2.45, 2.75) is 34.2 Å². The average molecular weight is 689 g/mol. The molecule has 1 radical (unpaired) electrons. The summed E-state index contributed by atoms with van der Waals surface area (Å²) in [6, 6.07) is 0. The molecule has 0 fully saturated rings. The molecule has 0 rings (SSSR count). The van der Waals surface area contributed by atoms with Crippen LogP contribution in [-0.4, -0.2) is 17.1 Å². The van der Waals surface area contributed by atoms with Crippen molar-refractivity contribution in [3.63, 3.8) is 0 Å². The first-order chi connectivity index (χ1) is 8.69. The molecular formula is C13H18Br6Cl. The van der Waals surface area contributed by atoms with Gasteiger partial charge in [0, 0.05) is 21.5 Å². The Hall–Kier alpha value is 2.91. The second-order valence-electron chi connectivity index (χ2n) is 5.98. The van der Waals surface area contributed by atoms with Crippen LogP contribution in [0, 0.1) is 16.2 Å². The third kappa shape index (κ3) is 4.50. The van der Waals surface area contributed by atoms with Crippen LogP contribution in [-0.2, 0) is 0 Å². The third-order valence-electron chi connectivity index (χ3n) is 3.29. The maximum atomic E-state index is 6.66. The summed E-state index contributed by atoms with van der Waals surface area (Å²) < 4.78 is -1.08. The van der Waals surface area contributed by atoms with Crippen LogP contribution in [0.15, 0.2) is 12.2 Å². The summed E-state index contributed by atoms with van der Waals surface area (Å²) >= 11 is 28.6. The SMILES string of the molecule is C=C([C](Cl)C(Br)(Br)C(C)(C)CBr)C(Br)(Br)C(C)(C)CBr. The molecule has 0 nitrogen and oxygen atoms in total. The predicted molar refractivity (Wildman–Crippen MR) is 115 cm³/mol. The Kier molecular flexibility index (Phi) is 9.00. The summed E-state index contributed by atoms with van der Waals surface area (Å²) in [5, 5.41) is 2.20. The van der Waals surface area contributed by atoms with Crippen molar-refractivity contribution in [1.82, 2.24) is 0 Å². The molecule has 0 heterocycles. The molecule has 0 aromatic rings. The molecule has 0 spiro atoms. The molecule has 7 heteroatoms. The molecule has 0 aliphatic heterocycles. The van der Waals surface area contributed by atoms with E-state index in [0.717, 1.165) is 16.2 Å². The van der Waals surface area contributed by atoms with Crippen molar-refractivity contribution in [2.24, 2.45) is 10.8 Å². The van der Waals surface area contributed by atoms with E-state index < -0.39 is 6.47 Å². The smallest absolute Gasteiger partial charge is 0.109 e. The molecule has 0 saturated heterocycles. The van der Waals surface area contributed by atoms with Crippen molar-refractivity contribution in [1.29, 1.82) is 0 Å². The average Bonchev–Trinajstić information content (AvgIpc) is 2.35. The number of allylic oxidation sites excluding steroid dienone is 1. The van der Waals surface area contributed by atoms with Gasteiger partial charge >= 0.3 is 0 Å². The summed E-state index contributed by atoms with van der Waals surface area (Å²) in [6.45, 7) is 12.7. The van der Waals surface area contributed by atoms with Crippen molar-refractivity contribution in [3.8, 4) is 0 Å². The lowest BCUT2D eigenvalue weighted by atomic mass is 9.82. The van der Waals surface area contributed by atoms with Crippen LogP contribution in [0.3, 0.4) is 0 Å². The fourth-order valence-electron chi connectivity index (χ4n) is 1.20. The number of halogens is 7. The maximum absolute atomic E-state index is 6.66. The molecule has 20 heavy (non-hydrogen) atoms. The fraction of sp³-hybridized carbons (Fsp3) is 0.769. The van der Waals surface area contributed by atoms with E-state index in [1.165, 1.54) is 0 Å². The van der Waals surface area contributed by atoms with E-state index in [2.05, 4.69) is 130 Å². The van der Waals surface area contributed by atoms with Gasteiger partial charge in [-0.2, -0.15) is 0 Å². The van der Waals surface area contributed by atoms with E-state index >= 15 is 0 Å². The van der Waals surface area contributed by atoms with E-state index in [1.807, 2.05) is 0 Å². The Morgan fingerprint density at radius 2 is 1.15 bits per heavy atom. The van der Waals surface area contributed by atoms with Crippen LogP contribution < -0.4 is 0 Å². The maximum Gasteiger partial charge on any atom is 0.118 e. The minimum Gasteiger partial charge on any atom is -0.109 e. The first-order valence-corrected chi connectivity index (χ1v) is 11.6. The Balaban J connectivity index is 5.53. The second kappa shape index (κ2) is 7.86. The number of hydrogen-bond acceptors (Lipinski definition) is 0. The minimum absolute atomic E-state index is 0.126. The van der Waals surface area contributed by atoms with E-state index in [1.54, 1.807) is 0 Å². The zero-order valence-electron chi connectivity index (χ0n) is 11.8. The highest BCUT2D eigenvalue weighted by Gasteiger charge is 2.53. The van der Waals surface area contributed by atoms with Gasteiger partial charge in [-0.1, -0.05) is 130 Å². The molecule has 0 N–H and O–H groups in total. The van der Waals surface area contributed by atoms with Gasteiger partial charge in [0.2, 0.25) is 0 Å². The summed E-state index contributed by atoms with van der Waals surface area (Å²) in [6.07, 6.45) is 0. The van der Waals surface area contributed by atoms with Crippen molar-refractivity contribution >= 4 is 107 Å². The highest BCUT2D eigenvalue weighted by molar-refractivity contribution is 9.26. The van der Waals surface area contributed by atoms with Gasteiger partial charge in [0.25, 0.3) is 0 Å². The van der Waals surface area contributed by atoms with Gasteiger partial charge in [-0.15, -0.1) is 11.6 Å². The van der Waals surface area contributed by atoms with Gasteiger partial charge in [0.15, 0.2) is 0 Å². The van der Waals surface area contributed by atoms with Crippen molar-refractivity contribution < 1.29 is 0 Å². The summed E-state index contributed by atoms with van der Waals surface area (Å²) in [5.74, 6) is 0. The van der Waals surface area contributed by atoms with Crippen molar-refractivity contribution in [3.05, 3.63) is 17.5 Å². The van der Waals surface area contributed by atoms with E-state index in [0.29, 0.717) is 5.38 Å². The minimum atomic E-state index is -0.565. The van der Waals surface area contributed by atoms with Gasteiger partial charge in [0.05, 0.1) is 0 Å². The molecule has 0 bridgehead atoms. The Labute approximate surface area is 178 Å². The van der Waals surface area contributed by atoms with Gasteiger partial charge in [-0.05, 0) is 5.57 Å². The van der Waals surface area contributed by atoms with E-state index in [9.17, 15) is 0 Å². The second-order valence-corrected chi connectivity index (χ2v) is 14.4. The molecule has 0 amide bonds. The van der Waals surface area contributed by atoms with Gasteiger partial charge in [-0.25, -0.2) is 0 Å². The molecule has 119 valence electrons. The Morgan fingerprint density at radius 3 is 1.45 bits per heavy atom. The number of alkyl halides is 6. The fourth-order valence-corrected chi connectivity index (χ4v) is 5.61. The zero-order valence-corrected chi connectivity index (χ0v) is 22.0.